The molecule has 2 aromatic heterocycles. The van der Waals surface area contributed by atoms with Crippen LogP contribution in [0.25, 0.3) is 17.1 Å². The lowest BCUT2D eigenvalue weighted by atomic mass is 9.79. The number of hydrogen-bond acceptors (Lipinski definition) is 6. The average Bonchev–Trinajstić information content (AvgIpc) is 3.62. The number of aromatic nitrogens is 4. The van der Waals surface area contributed by atoms with Gasteiger partial charge in [-0.25, -0.2) is 15.0 Å². The third-order valence-electron chi connectivity index (χ3n) is 7.45. The number of imidazole rings is 1. The number of carbonyl (C=O) groups excluding carboxylic acids is 1. The number of benzene rings is 2. The molecule has 1 amide bonds. The molecule has 0 saturated heterocycles. The summed E-state index contributed by atoms with van der Waals surface area (Å²) in [6.45, 7) is 8.73. The van der Waals surface area contributed by atoms with E-state index in [0.29, 0.717) is 29.7 Å². The Kier molecular flexibility index (Phi) is 5.61. The van der Waals surface area contributed by atoms with Crippen LogP contribution >= 0.6 is 0 Å². The summed E-state index contributed by atoms with van der Waals surface area (Å²) in [4.78, 5) is 26.5. The highest BCUT2D eigenvalue weighted by atomic mass is 16.1. The largest absolute Gasteiger partial charge is 0.351 e. The fraction of sp³-hybridized carbons (Fsp3) is 0.333. The van der Waals surface area contributed by atoms with Gasteiger partial charge in [-0.2, -0.15) is 0 Å². The zero-order valence-corrected chi connectivity index (χ0v) is 22.2. The number of anilines is 2. The van der Waals surface area contributed by atoms with Gasteiger partial charge in [0.2, 0.25) is 0 Å². The van der Waals surface area contributed by atoms with Crippen molar-refractivity contribution in [2.45, 2.75) is 57.4 Å². The van der Waals surface area contributed by atoms with Gasteiger partial charge in [-0.3, -0.25) is 4.79 Å². The number of nitrogens with two attached hydrogens (primary N) is 1. The Hall–Kier alpha value is -4.04. The maximum Gasteiger partial charge on any atom is 0.251 e. The van der Waals surface area contributed by atoms with E-state index in [1.807, 2.05) is 50.5 Å². The molecule has 2 aromatic carbocycles. The fourth-order valence-corrected chi connectivity index (χ4v) is 4.95. The smallest absolute Gasteiger partial charge is 0.251 e. The van der Waals surface area contributed by atoms with Crippen molar-refractivity contribution < 1.29 is 4.79 Å². The van der Waals surface area contributed by atoms with E-state index in [0.717, 1.165) is 28.1 Å². The van der Waals surface area contributed by atoms with Crippen LogP contribution in [0.5, 0.6) is 0 Å². The molecule has 4 N–H and O–H groups in total. The average molecular weight is 508 g/mol. The van der Waals surface area contributed by atoms with Crippen molar-refractivity contribution in [2.24, 2.45) is 5.73 Å². The van der Waals surface area contributed by atoms with Crippen molar-refractivity contribution in [3.8, 4) is 17.1 Å². The summed E-state index contributed by atoms with van der Waals surface area (Å²) >= 11 is 0. The monoisotopic (exact) mass is 507 g/mol. The predicted molar refractivity (Wildman–Crippen MR) is 149 cm³/mol. The molecule has 1 fully saturated rings. The summed E-state index contributed by atoms with van der Waals surface area (Å²) in [5, 5.41) is 6.45. The molecule has 194 valence electrons. The maximum absolute atomic E-state index is 12.4. The number of amides is 1. The van der Waals surface area contributed by atoms with Gasteiger partial charge in [0.05, 0.1) is 12.0 Å². The minimum absolute atomic E-state index is 0.0399. The molecule has 4 aromatic rings. The summed E-state index contributed by atoms with van der Waals surface area (Å²) in [5.41, 5.74) is 12.2. The van der Waals surface area contributed by atoms with Crippen LogP contribution < -0.4 is 16.4 Å². The van der Waals surface area contributed by atoms with Gasteiger partial charge in [0.15, 0.2) is 5.82 Å². The first-order chi connectivity index (χ1) is 18.1. The van der Waals surface area contributed by atoms with Crippen LogP contribution in [-0.2, 0) is 11.0 Å². The van der Waals surface area contributed by atoms with Crippen LogP contribution in [0.1, 0.15) is 73.6 Å². The summed E-state index contributed by atoms with van der Waals surface area (Å²) in [6.07, 6.45) is 8.26. The second-order valence-electron chi connectivity index (χ2n) is 11.7. The van der Waals surface area contributed by atoms with Crippen LogP contribution in [0.2, 0.25) is 0 Å². The molecule has 0 radical (unpaired) electrons. The highest BCUT2D eigenvalue weighted by Gasteiger charge is 2.32. The Morgan fingerprint density at radius 2 is 1.87 bits per heavy atom. The lowest BCUT2D eigenvalue weighted by molar-refractivity contribution is 0.0930. The Labute approximate surface area is 222 Å². The van der Waals surface area contributed by atoms with Crippen molar-refractivity contribution in [3.05, 3.63) is 83.6 Å². The number of carbonyl (C=O) groups is 1. The topological polar surface area (TPSA) is 111 Å². The minimum Gasteiger partial charge on any atom is -0.351 e. The van der Waals surface area contributed by atoms with Gasteiger partial charge >= 0.3 is 0 Å². The lowest BCUT2D eigenvalue weighted by Gasteiger charge is -2.33. The highest BCUT2D eigenvalue weighted by molar-refractivity contribution is 5.98. The van der Waals surface area contributed by atoms with Crippen LogP contribution in [0.3, 0.4) is 0 Å². The normalized spacial score (nSPS) is 16.6. The van der Waals surface area contributed by atoms with Gasteiger partial charge < -0.3 is 20.9 Å². The summed E-state index contributed by atoms with van der Waals surface area (Å²) in [7, 11) is 0. The van der Waals surface area contributed by atoms with Crippen molar-refractivity contribution in [1.82, 2.24) is 24.8 Å². The molecule has 0 spiro atoms. The summed E-state index contributed by atoms with van der Waals surface area (Å²) in [6, 6.07) is 14.0. The molecule has 1 aliphatic carbocycles. The number of fused-ring (bicyclic) bond motifs is 1. The number of nitrogens with zero attached hydrogens (tertiary/aromatic N) is 4. The summed E-state index contributed by atoms with van der Waals surface area (Å²) < 4.78 is 2.06. The van der Waals surface area contributed by atoms with Gasteiger partial charge in [-0.15, -0.1) is 0 Å². The third-order valence-corrected chi connectivity index (χ3v) is 7.45. The molecular formula is C30H33N7O. The van der Waals surface area contributed by atoms with Crippen LogP contribution in [0, 0.1) is 0 Å². The molecule has 0 unspecified atom stereocenters. The van der Waals surface area contributed by atoms with E-state index in [2.05, 4.69) is 57.3 Å². The Bertz CT molecular complexity index is 1530. The van der Waals surface area contributed by atoms with Gasteiger partial charge in [0, 0.05) is 63.9 Å². The van der Waals surface area contributed by atoms with Gasteiger partial charge in [0.1, 0.15) is 5.82 Å². The Morgan fingerprint density at radius 1 is 1.11 bits per heavy atom. The van der Waals surface area contributed by atoms with E-state index in [-0.39, 0.29) is 11.3 Å². The first-order valence-corrected chi connectivity index (χ1v) is 13.1. The number of hydrogen-bond donors (Lipinski definition) is 3. The molecule has 1 saturated carbocycles. The molecule has 8 nitrogen and oxygen atoms in total. The van der Waals surface area contributed by atoms with Gasteiger partial charge in [-0.1, -0.05) is 13.8 Å². The van der Waals surface area contributed by atoms with E-state index in [1.165, 1.54) is 18.5 Å². The second kappa shape index (κ2) is 8.77. The molecule has 0 bridgehead atoms. The van der Waals surface area contributed by atoms with Crippen LogP contribution in [0.15, 0.2) is 61.2 Å². The molecule has 38 heavy (non-hydrogen) atoms. The standard InChI is InChI=1S/C30H33N7O/c1-29(2)16-33-28(38)22-12-9-20(13-23(22)29)35-27-24(30(3,4)31)14-32-26(36-27)19-7-10-21(11-8-19)37-15-25(34-17-37)18-5-6-18/h7-15,17-18H,5-6,16,31H2,1-4H3,(H,33,38)(H,32,35,36). The van der Waals surface area contributed by atoms with Crippen LogP contribution in [0.4, 0.5) is 11.5 Å². The van der Waals surface area contributed by atoms with Gasteiger partial charge in [-0.05, 0) is 74.7 Å². The SMILES string of the molecule is CC(C)(N)c1cnc(-c2ccc(-n3cnc(C4CC4)c3)cc2)nc1Nc1ccc2c(c1)C(C)(C)CNC2=O. The fourth-order valence-electron chi connectivity index (χ4n) is 4.95. The first-order valence-electron chi connectivity index (χ1n) is 13.1. The van der Waals surface area contributed by atoms with Crippen molar-refractivity contribution in [1.29, 1.82) is 0 Å². The van der Waals surface area contributed by atoms with E-state index >= 15 is 0 Å². The molecule has 3 heterocycles. The van der Waals surface area contributed by atoms with Crippen molar-refractivity contribution in [2.75, 3.05) is 11.9 Å². The van der Waals surface area contributed by atoms with Crippen molar-refractivity contribution >= 4 is 17.4 Å². The Balaban J connectivity index is 1.32. The second-order valence-corrected chi connectivity index (χ2v) is 11.7. The quantitative estimate of drug-likeness (QED) is 0.332. The molecular weight excluding hydrogens is 474 g/mol. The first kappa shape index (κ1) is 24.3. The van der Waals surface area contributed by atoms with Crippen LogP contribution in [-0.4, -0.2) is 32.0 Å². The summed E-state index contributed by atoms with van der Waals surface area (Å²) in [5.74, 6) is 1.84. The van der Waals surface area contributed by atoms with E-state index in [9.17, 15) is 4.79 Å². The molecule has 1 aliphatic heterocycles. The zero-order valence-electron chi connectivity index (χ0n) is 22.2. The Morgan fingerprint density at radius 3 is 2.58 bits per heavy atom. The molecule has 6 rings (SSSR count). The van der Waals surface area contributed by atoms with E-state index < -0.39 is 5.54 Å². The zero-order chi connectivity index (χ0) is 26.7. The molecule has 8 heteroatoms. The molecule has 2 aliphatic rings. The minimum atomic E-state index is -0.654. The van der Waals surface area contributed by atoms with E-state index in [1.54, 1.807) is 6.20 Å². The molecule has 0 atom stereocenters. The highest BCUT2D eigenvalue weighted by Crippen LogP contribution is 2.39. The third kappa shape index (κ3) is 4.56. The lowest BCUT2D eigenvalue weighted by Crippen LogP contribution is -2.43. The van der Waals surface area contributed by atoms with Gasteiger partial charge in [0.25, 0.3) is 5.91 Å². The maximum atomic E-state index is 12.4. The van der Waals surface area contributed by atoms with Crippen molar-refractivity contribution in [3.63, 3.8) is 0 Å². The number of rotatable bonds is 6. The number of nitrogens with one attached hydrogen (secondary N) is 2. The predicted octanol–water partition coefficient (Wildman–Crippen LogP) is 5.17. The van der Waals surface area contributed by atoms with E-state index in [4.69, 9.17) is 10.7 Å².